The number of likely N-dealkylation sites (tertiary alicyclic amines) is 1. The van der Waals surface area contributed by atoms with Crippen LogP contribution in [0.15, 0.2) is 17.5 Å². The molecule has 2 aromatic heterocycles. The first-order chi connectivity index (χ1) is 11.8. The van der Waals surface area contributed by atoms with Gasteiger partial charge in [0.1, 0.15) is 6.04 Å². The van der Waals surface area contributed by atoms with E-state index in [0.717, 1.165) is 24.8 Å². The number of rotatable bonds is 4. The molecule has 130 valence electrons. The van der Waals surface area contributed by atoms with Crippen LogP contribution in [0.3, 0.4) is 0 Å². The molecule has 1 saturated heterocycles. The lowest BCUT2D eigenvalue weighted by atomic mass is 9.95. The zero-order chi connectivity index (χ0) is 16.4. The second kappa shape index (κ2) is 7.31. The van der Waals surface area contributed by atoms with E-state index in [1.807, 2.05) is 11.3 Å². The number of hydrogen-bond donors (Lipinski definition) is 0. The van der Waals surface area contributed by atoms with Crippen molar-refractivity contribution in [3.05, 3.63) is 28.2 Å². The maximum absolute atomic E-state index is 4.51. The molecule has 1 saturated carbocycles. The van der Waals surface area contributed by atoms with Crippen molar-refractivity contribution in [3.63, 3.8) is 0 Å². The van der Waals surface area contributed by atoms with E-state index in [1.54, 1.807) is 0 Å². The zero-order valence-corrected chi connectivity index (χ0v) is 15.3. The molecule has 0 bridgehead atoms. The van der Waals surface area contributed by atoms with Gasteiger partial charge < -0.3 is 0 Å². The van der Waals surface area contributed by atoms with E-state index in [0.29, 0.717) is 6.04 Å². The Balaban J connectivity index is 1.68. The average Bonchev–Trinajstić information content (AvgIpc) is 3.29. The SMILES string of the molecule is C[C@H]1CCCN([C@@H](c2cccs2)c2nnnn2C2CCCCC2)C1. The molecule has 0 aromatic carbocycles. The number of nitrogens with zero attached hydrogens (tertiary/aromatic N) is 5. The molecule has 5 nitrogen and oxygen atoms in total. The quantitative estimate of drug-likeness (QED) is 0.838. The van der Waals surface area contributed by atoms with E-state index in [4.69, 9.17) is 0 Å². The van der Waals surface area contributed by atoms with E-state index in [9.17, 15) is 0 Å². The number of thiophene rings is 1. The van der Waals surface area contributed by atoms with Crippen molar-refractivity contribution in [2.24, 2.45) is 5.92 Å². The molecule has 0 spiro atoms. The summed E-state index contributed by atoms with van der Waals surface area (Å²) in [6.45, 7) is 4.65. The summed E-state index contributed by atoms with van der Waals surface area (Å²) in [6, 6.07) is 5.09. The highest BCUT2D eigenvalue weighted by atomic mass is 32.1. The molecule has 2 fully saturated rings. The second-order valence-electron chi connectivity index (χ2n) is 7.43. The molecule has 2 atom stereocenters. The summed E-state index contributed by atoms with van der Waals surface area (Å²) in [7, 11) is 0. The molecule has 0 unspecified atom stereocenters. The number of hydrogen-bond acceptors (Lipinski definition) is 5. The Morgan fingerprint density at radius 2 is 2.04 bits per heavy atom. The van der Waals surface area contributed by atoms with Crippen LogP contribution in [-0.2, 0) is 0 Å². The molecule has 0 radical (unpaired) electrons. The Hall–Kier alpha value is -1.27. The average molecular weight is 346 g/mol. The van der Waals surface area contributed by atoms with Crippen LogP contribution >= 0.6 is 11.3 Å². The molecule has 1 aliphatic heterocycles. The van der Waals surface area contributed by atoms with Crippen molar-refractivity contribution in [1.29, 1.82) is 0 Å². The molecular formula is C18H27N5S. The van der Waals surface area contributed by atoms with E-state index in [1.165, 1.54) is 49.8 Å². The first kappa shape index (κ1) is 16.2. The van der Waals surface area contributed by atoms with Gasteiger partial charge in [0.05, 0.1) is 6.04 Å². The predicted molar refractivity (Wildman–Crippen MR) is 96.1 cm³/mol. The van der Waals surface area contributed by atoms with Crippen molar-refractivity contribution in [1.82, 2.24) is 25.1 Å². The van der Waals surface area contributed by atoms with Gasteiger partial charge in [-0.05, 0) is 60.0 Å². The molecule has 0 N–H and O–H groups in total. The van der Waals surface area contributed by atoms with Crippen molar-refractivity contribution >= 4 is 11.3 Å². The molecule has 0 amide bonds. The topological polar surface area (TPSA) is 46.8 Å². The third-order valence-corrected chi connectivity index (χ3v) is 6.47. The lowest BCUT2D eigenvalue weighted by Gasteiger charge is -2.36. The Morgan fingerprint density at radius 3 is 2.79 bits per heavy atom. The van der Waals surface area contributed by atoms with Crippen molar-refractivity contribution < 1.29 is 0 Å². The van der Waals surface area contributed by atoms with Crippen LogP contribution in [0, 0.1) is 5.92 Å². The summed E-state index contributed by atoms with van der Waals surface area (Å²) in [6.07, 6.45) is 8.99. The summed E-state index contributed by atoms with van der Waals surface area (Å²) in [5.41, 5.74) is 0. The Kier molecular flexibility index (Phi) is 4.94. The van der Waals surface area contributed by atoms with Gasteiger partial charge in [0.2, 0.25) is 0 Å². The van der Waals surface area contributed by atoms with Gasteiger partial charge in [0.25, 0.3) is 0 Å². The highest BCUT2D eigenvalue weighted by Crippen LogP contribution is 2.36. The van der Waals surface area contributed by atoms with E-state index >= 15 is 0 Å². The van der Waals surface area contributed by atoms with E-state index in [2.05, 4.69) is 49.5 Å². The predicted octanol–water partition coefficient (Wildman–Crippen LogP) is 4.06. The third-order valence-electron chi connectivity index (χ3n) is 5.55. The van der Waals surface area contributed by atoms with Gasteiger partial charge in [0, 0.05) is 11.4 Å². The molecule has 24 heavy (non-hydrogen) atoms. The van der Waals surface area contributed by atoms with Gasteiger partial charge in [-0.15, -0.1) is 16.4 Å². The van der Waals surface area contributed by atoms with Crippen LogP contribution in [0.2, 0.25) is 0 Å². The lowest BCUT2D eigenvalue weighted by Crippen LogP contribution is -2.39. The fraction of sp³-hybridized carbons (Fsp3) is 0.722. The van der Waals surface area contributed by atoms with Crippen LogP contribution in [0.25, 0.3) is 0 Å². The summed E-state index contributed by atoms with van der Waals surface area (Å²) in [5, 5.41) is 15.2. The van der Waals surface area contributed by atoms with Crippen molar-refractivity contribution in [2.75, 3.05) is 13.1 Å². The number of tetrazole rings is 1. The van der Waals surface area contributed by atoms with Crippen LogP contribution in [0.4, 0.5) is 0 Å². The standard InChI is InChI=1S/C18H27N5S/c1-14-7-5-11-22(13-14)17(16-10-6-12-24-16)18-19-20-21-23(18)15-8-3-2-4-9-15/h6,10,12,14-15,17H,2-5,7-9,11,13H2,1H3/t14-,17-/m0/s1. The Morgan fingerprint density at radius 1 is 1.17 bits per heavy atom. The highest BCUT2D eigenvalue weighted by molar-refractivity contribution is 7.10. The van der Waals surface area contributed by atoms with Gasteiger partial charge in [-0.2, -0.15) is 0 Å². The lowest BCUT2D eigenvalue weighted by molar-refractivity contribution is 0.140. The molecular weight excluding hydrogens is 318 g/mol. The maximum Gasteiger partial charge on any atom is 0.174 e. The third kappa shape index (κ3) is 3.26. The monoisotopic (exact) mass is 345 g/mol. The highest BCUT2D eigenvalue weighted by Gasteiger charge is 2.33. The van der Waals surface area contributed by atoms with Gasteiger partial charge in [-0.3, -0.25) is 4.90 Å². The Labute approximate surface area is 148 Å². The summed E-state index contributed by atoms with van der Waals surface area (Å²) in [5.74, 6) is 1.80. The molecule has 6 heteroatoms. The summed E-state index contributed by atoms with van der Waals surface area (Å²) >= 11 is 1.83. The van der Waals surface area contributed by atoms with Crippen LogP contribution < -0.4 is 0 Å². The second-order valence-corrected chi connectivity index (χ2v) is 8.41. The van der Waals surface area contributed by atoms with E-state index in [-0.39, 0.29) is 6.04 Å². The number of aromatic nitrogens is 4. The fourth-order valence-electron chi connectivity index (χ4n) is 4.34. The van der Waals surface area contributed by atoms with Crippen molar-refractivity contribution in [3.8, 4) is 0 Å². The molecule has 3 heterocycles. The zero-order valence-electron chi connectivity index (χ0n) is 14.5. The first-order valence-corrected chi connectivity index (χ1v) is 10.3. The van der Waals surface area contributed by atoms with Gasteiger partial charge in [-0.1, -0.05) is 32.3 Å². The van der Waals surface area contributed by atoms with E-state index < -0.39 is 0 Å². The van der Waals surface area contributed by atoms with Crippen LogP contribution in [-0.4, -0.2) is 38.2 Å². The number of piperidine rings is 1. The van der Waals surface area contributed by atoms with Crippen LogP contribution in [0.1, 0.15) is 74.7 Å². The van der Waals surface area contributed by atoms with Gasteiger partial charge >= 0.3 is 0 Å². The molecule has 2 aromatic rings. The minimum Gasteiger partial charge on any atom is -0.289 e. The minimum absolute atomic E-state index is 0.213. The van der Waals surface area contributed by atoms with Gasteiger partial charge in [0.15, 0.2) is 5.82 Å². The normalized spacial score (nSPS) is 25.0. The molecule has 1 aliphatic carbocycles. The first-order valence-electron chi connectivity index (χ1n) is 9.38. The van der Waals surface area contributed by atoms with Gasteiger partial charge in [-0.25, -0.2) is 4.68 Å². The van der Waals surface area contributed by atoms with Crippen LogP contribution in [0.5, 0.6) is 0 Å². The molecule has 4 rings (SSSR count). The largest absolute Gasteiger partial charge is 0.289 e. The summed E-state index contributed by atoms with van der Waals surface area (Å²) in [4.78, 5) is 3.97. The maximum atomic E-state index is 4.51. The summed E-state index contributed by atoms with van der Waals surface area (Å²) < 4.78 is 2.16. The fourth-order valence-corrected chi connectivity index (χ4v) is 5.20. The molecule has 2 aliphatic rings. The Bertz CT molecular complexity index is 632. The minimum atomic E-state index is 0.213. The smallest absolute Gasteiger partial charge is 0.174 e. The van der Waals surface area contributed by atoms with Crippen molar-refractivity contribution in [2.45, 2.75) is 64.0 Å².